The summed E-state index contributed by atoms with van der Waals surface area (Å²) in [5.41, 5.74) is 2.23. The van der Waals surface area contributed by atoms with Gasteiger partial charge < -0.3 is 4.74 Å². The van der Waals surface area contributed by atoms with Crippen LogP contribution in [0.15, 0.2) is 34.3 Å². The highest BCUT2D eigenvalue weighted by Crippen LogP contribution is 2.15. The summed E-state index contributed by atoms with van der Waals surface area (Å²) >= 11 is 0. The van der Waals surface area contributed by atoms with Crippen LogP contribution in [-0.2, 0) is 0 Å². The first-order valence-corrected chi connectivity index (χ1v) is 6.17. The lowest BCUT2D eigenvalue weighted by molar-refractivity contribution is 0.317. The van der Waals surface area contributed by atoms with Crippen molar-refractivity contribution in [3.05, 3.63) is 29.8 Å². The Morgan fingerprint density at radius 2 is 1.94 bits per heavy atom. The molecule has 1 heterocycles. The van der Waals surface area contributed by atoms with Crippen molar-refractivity contribution in [2.45, 2.75) is 26.7 Å². The van der Waals surface area contributed by atoms with Crippen LogP contribution in [-0.4, -0.2) is 24.7 Å². The van der Waals surface area contributed by atoms with Gasteiger partial charge in [-0.15, -0.1) is 0 Å². The predicted molar refractivity (Wildman–Crippen MR) is 71.4 cm³/mol. The van der Waals surface area contributed by atoms with Crippen molar-refractivity contribution in [3.63, 3.8) is 0 Å². The van der Waals surface area contributed by atoms with Crippen LogP contribution in [0.4, 0.5) is 0 Å². The highest BCUT2D eigenvalue weighted by molar-refractivity contribution is 6.11. The molecule has 3 nitrogen and oxygen atoms in total. The number of ether oxygens (including phenoxy) is 1. The van der Waals surface area contributed by atoms with Gasteiger partial charge in [-0.05, 0) is 37.1 Å². The number of amidine groups is 1. The summed E-state index contributed by atoms with van der Waals surface area (Å²) < 4.78 is 5.54. The summed E-state index contributed by atoms with van der Waals surface area (Å²) in [6.07, 6.45) is 2.00. The van der Waals surface area contributed by atoms with Gasteiger partial charge in [0.2, 0.25) is 0 Å². The fourth-order valence-electron chi connectivity index (χ4n) is 1.65. The highest BCUT2D eigenvalue weighted by Gasteiger charge is 2.10. The van der Waals surface area contributed by atoms with E-state index < -0.39 is 0 Å². The molecule has 0 aliphatic carbocycles. The number of rotatable bonds is 5. The molecule has 2 rings (SSSR count). The van der Waals surface area contributed by atoms with Gasteiger partial charge >= 0.3 is 0 Å². The molecule has 0 saturated carbocycles. The normalized spacial score (nSPS) is 14.5. The van der Waals surface area contributed by atoms with E-state index >= 15 is 0 Å². The molecule has 0 atom stereocenters. The molecule has 3 heteroatoms. The molecule has 0 unspecified atom stereocenters. The van der Waals surface area contributed by atoms with Crippen molar-refractivity contribution in [2.24, 2.45) is 9.98 Å². The molecule has 0 spiro atoms. The minimum atomic E-state index is 0.750. The van der Waals surface area contributed by atoms with Gasteiger partial charge in [-0.1, -0.05) is 13.8 Å². The third kappa shape index (κ3) is 2.93. The lowest BCUT2D eigenvalue weighted by Crippen LogP contribution is -1.98. The minimum absolute atomic E-state index is 0.750. The predicted octanol–water partition coefficient (Wildman–Crippen LogP) is 3.09. The van der Waals surface area contributed by atoms with Crippen LogP contribution in [0.25, 0.3) is 0 Å². The molecule has 0 fully saturated rings. The fraction of sp³-hybridized carbons (Fsp3) is 0.429. The average Bonchev–Trinajstić information content (AvgIpc) is 2.86. The van der Waals surface area contributed by atoms with Crippen LogP contribution in [0.5, 0.6) is 5.75 Å². The van der Waals surface area contributed by atoms with E-state index in [1.807, 2.05) is 24.3 Å². The summed E-state index contributed by atoms with van der Waals surface area (Å²) in [5, 5.41) is 0. The molecule has 0 saturated heterocycles. The van der Waals surface area contributed by atoms with Crippen molar-refractivity contribution in [2.75, 3.05) is 13.2 Å². The Balaban J connectivity index is 2.06. The van der Waals surface area contributed by atoms with Crippen molar-refractivity contribution in [1.29, 1.82) is 0 Å². The van der Waals surface area contributed by atoms with Crippen LogP contribution in [0, 0.1) is 0 Å². The topological polar surface area (TPSA) is 34.0 Å². The summed E-state index contributed by atoms with van der Waals surface area (Å²) in [6.45, 7) is 5.72. The van der Waals surface area contributed by atoms with Gasteiger partial charge in [0.05, 0.1) is 13.2 Å². The maximum absolute atomic E-state index is 5.54. The average molecular weight is 230 g/mol. The maximum Gasteiger partial charge on any atom is 0.154 e. The maximum atomic E-state index is 5.54. The van der Waals surface area contributed by atoms with Crippen LogP contribution in [0.1, 0.15) is 32.3 Å². The molecule has 0 aromatic heterocycles. The van der Waals surface area contributed by atoms with Crippen molar-refractivity contribution in [3.8, 4) is 5.75 Å². The molecule has 1 aromatic carbocycles. The van der Waals surface area contributed by atoms with Crippen molar-refractivity contribution in [1.82, 2.24) is 0 Å². The minimum Gasteiger partial charge on any atom is -0.494 e. The molecule has 1 aliphatic rings. The summed E-state index contributed by atoms with van der Waals surface area (Å²) in [6, 6.07) is 8.00. The SMILES string of the molecule is CCCOc1ccc(C2=NCC(CC)=N2)cc1. The number of aliphatic imine (C=N–C) groups is 2. The Morgan fingerprint density at radius 3 is 2.53 bits per heavy atom. The second-order valence-corrected chi connectivity index (χ2v) is 4.04. The lowest BCUT2D eigenvalue weighted by atomic mass is 10.2. The summed E-state index contributed by atoms with van der Waals surface area (Å²) in [4.78, 5) is 8.92. The Labute approximate surface area is 102 Å². The Hall–Kier alpha value is -1.64. The van der Waals surface area contributed by atoms with Gasteiger partial charge in [0, 0.05) is 11.3 Å². The lowest BCUT2D eigenvalue weighted by Gasteiger charge is -2.04. The zero-order chi connectivity index (χ0) is 12.1. The molecule has 0 amide bonds. The van der Waals surface area contributed by atoms with E-state index in [1.54, 1.807) is 0 Å². The van der Waals surface area contributed by atoms with Gasteiger partial charge in [-0.3, -0.25) is 4.99 Å². The van der Waals surface area contributed by atoms with Gasteiger partial charge in [0.15, 0.2) is 5.84 Å². The van der Waals surface area contributed by atoms with E-state index in [4.69, 9.17) is 4.74 Å². The zero-order valence-corrected chi connectivity index (χ0v) is 10.4. The third-order valence-electron chi connectivity index (χ3n) is 2.67. The zero-order valence-electron chi connectivity index (χ0n) is 10.4. The smallest absolute Gasteiger partial charge is 0.154 e. The number of hydrogen-bond acceptors (Lipinski definition) is 3. The molecule has 1 aliphatic heterocycles. The number of benzene rings is 1. The highest BCUT2D eigenvalue weighted by atomic mass is 16.5. The molecule has 0 radical (unpaired) electrons. The first kappa shape index (κ1) is 11.8. The van der Waals surface area contributed by atoms with Crippen molar-refractivity contribution >= 4 is 11.5 Å². The largest absolute Gasteiger partial charge is 0.494 e. The van der Waals surface area contributed by atoms with E-state index in [0.29, 0.717) is 0 Å². The third-order valence-corrected chi connectivity index (χ3v) is 2.67. The molecule has 0 bridgehead atoms. The van der Waals surface area contributed by atoms with E-state index in [0.717, 1.165) is 48.9 Å². The Bertz CT molecular complexity index is 432. The number of hydrogen-bond donors (Lipinski definition) is 0. The van der Waals surface area contributed by atoms with Gasteiger partial charge in [-0.25, -0.2) is 4.99 Å². The van der Waals surface area contributed by atoms with Crippen LogP contribution < -0.4 is 4.74 Å². The van der Waals surface area contributed by atoms with Crippen LogP contribution in [0.2, 0.25) is 0 Å². The van der Waals surface area contributed by atoms with Crippen LogP contribution in [0.3, 0.4) is 0 Å². The molecule has 17 heavy (non-hydrogen) atoms. The molecular weight excluding hydrogens is 212 g/mol. The van der Waals surface area contributed by atoms with Crippen LogP contribution >= 0.6 is 0 Å². The quantitative estimate of drug-likeness (QED) is 0.765. The van der Waals surface area contributed by atoms with Gasteiger partial charge in [0.25, 0.3) is 0 Å². The second-order valence-electron chi connectivity index (χ2n) is 4.04. The van der Waals surface area contributed by atoms with E-state index in [1.165, 1.54) is 0 Å². The van der Waals surface area contributed by atoms with Gasteiger partial charge in [-0.2, -0.15) is 0 Å². The Morgan fingerprint density at radius 1 is 1.18 bits per heavy atom. The molecule has 90 valence electrons. The fourth-order valence-corrected chi connectivity index (χ4v) is 1.65. The second kappa shape index (κ2) is 5.62. The van der Waals surface area contributed by atoms with E-state index in [2.05, 4.69) is 23.8 Å². The molecular formula is C14H18N2O. The standard InChI is InChI=1S/C14H18N2O/c1-3-9-17-13-7-5-11(6-8-13)14-15-10-12(4-2)16-14/h5-8H,3-4,9-10H2,1-2H3. The summed E-state index contributed by atoms with van der Waals surface area (Å²) in [5.74, 6) is 1.76. The van der Waals surface area contributed by atoms with Gasteiger partial charge in [0.1, 0.15) is 5.75 Å². The number of nitrogens with zero attached hydrogens (tertiary/aromatic N) is 2. The monoisotopic (exact) mass is 230 g/mol. The molecule has 0 N–H and O–H groups in total. The molecule has 1 aromatic rings. The summed E-state index contributed by atoms with van der Waals surface area (Å²) in [7, 11) is 0. The Kier molecular flexibility index (Phi) is 3.91. The first-order valence-electron chi connectivity index (χ1n) is 6.17. The van der Waals surface area contributed by atoms with E-state index in [-0.39, 0.29) is 0 Å². The van der Waals surface area contributed by atoms with E-state index in [9.17, 15) is 0 Å². The van der Waals surface area contributed by atoms with Crippen molar-refractivity contribution < 1.29 is 4.74 Å². The first-order chi connectivity index (χ1) is 8.33.